The highest BCUT2D eigenvalue weighted by Crippen LogP contribution is 2.13. The molecule has 3 nitrogen and oxygen atoms in total. The molecule has 0 aromatic heterocycles. The number of carbonyl (C=O) groups excluding carboxylic acids is 2. The third kappa shape index (κ3) is 4.12. The molecule has 0 aromatic carbocycles. The van der Waals surface area contributed by atoms with Crippen molar-refractivity contribution in [3.05, 3.63) is 12.2 Å². The number of rotatable bonds is 1. The average molecular weight is 200 g/mol. The monoisotopic (exact) mass is 200 g/mol. The minimum absolute atomic E-state index is 0.210. The zero-order valence-corrected chi connectivity index (χ0v) is 8.13. The van der Waals surface area contributed by atoms with Gasteiger partial charge in [-0.05, 0) is 18.9 Å². The molecule has 0 spiro atoms. The highest BCUT2D eigenvalue weighted by molar-refractivity contribution is 7.96. The lowest BCUT2D eigenvalue weighted by atomic mass is 10.0. The summed E-state index contributed by atoms with van der Waals surface area (Å²) in [6.07, 6.45) is 5.79. The van der Waals surface area contributed by atoms with Gasteiger partial charge in [0.25, 0.3) is 0 Å². The SMILES string of the molecule is O=C1C/C=C/C(OC(=O)S)CCC1. The van der Waals surface area contributed by atoms with Crippen molar-refractivity contribution < 1.29 is 14.3 Å². The maximum Gasteiger partial charge on any atom is 0.364 e. The number of carbonyl (C=O) groups is 2. The molecule has 0 heterocycles. The Morgan fingerprint density at radius 1 is 1.62 bits per heavy atom. The maximum atomic E-state index is 11.0. The second-order valence-corrected chi connectivity index (χ2v) is 3.35. The number of thiol groups is 1. The molecule has 0 saturated carbocycles. The minimum atomic E-state index is -0.568. The van der Waals surface area contributed by atoms with Crippen LogP contribution in [0.1, 0.15) is 25.7 Å². The van der Waals surface area contributed by atoms with Crippen LogP contribution in [0.25, 0.3) is 0 Å². The van der Waals surface area contributed by atoms with Crippen molar-refractivity contribution >= 4 is 23.7 Å². The molecule has 13 heavy (non-hydrogen) atoms. The van der Waals surface area contributed by atoms with Crippen molar-refractivity contribution in [2.75, 3.05) is 0 Å². The predicted molar refractivity (Wildman–Crippen MR) is 51.9 cm³/mol. The Bertz CT molecular complexity index is 235. The molecular weight excluding hydrogens is 188 g/mol. The largest absolute Gasteiger partial charge is 0.450 e. The second-order valence-electron chi connectivity index (χ2n) is 2.99. The molecule has 1 aliphatic carbocycles. The van der Waals surface area contributed by atoms with E-state index in [1.807, 2.05) is 0 Å². The standard InChI is InChI=1S/C9H12O3S/c10-7-3-1-5-8(6-2-4-7)12-9(11)13/h1,5,8H,2-4,6H2,(H,11,13)/b5-1+. The zero-order chi connectivity index (χ0) is 9.68. The first kappa shape index (κ1) is 10.3. The van der Waals surface area contributed by atoms with Crippen LogP contribution >= 0.6 is 12.6 Å². The van der Waals surface area contributed by atoms with E-state index in [1.165, 1.54) is 0 Å². The molecule has 1 rings (SSSR count). The van der Waals surface area contributed by atoms with Gasteiger partial charge in [-0.15, -0.1) is 0 Å². The van der Waals surface area contributed by atoms with Crippen molar-refractivity contribution in [1.29, 1.82) is 0 Å². The number of hydrogen-bond donors (Lipinski definition) is 1. The molecule has 0 aliphatic heterocycles. The van der Waals surface area contributed by atoms with Gasteiger partial charge in [-0.1, -0.05) is 18.7 Å². The summed E-state index contributed by atoms with van der Waals surface area (Å²) in [6, 6.07) is 0. The van der Waals surface area contributed by atoms with Gasteiger partial charge in [-0.25, -0.2) is 4.79 Å². The van der Waals surface area contributed by atoms with Gasteiger partial charge in [-0.3, -0.25) is 4.79 Å². The van der Waals surface area contributed by atoms with Gasteiger partial charge < -0.3 is 4.74 Å². The highest BCUT2D eigenvalue weighted by Gasteiger charge is 2.12. The molecule has 0 N–H and O–H groups in total. The smallest absolute Gasteiger partial charge is 0.364 e. The molecule has 1 unspecified atom stereocenters. The fourth-order valence-electron chi connectivity index (χ4n) is 1.28. The van der Waals surface area contributed by atoms with Crippen molar-refractivity contribution in [1.82, 2.24) is 0 Å². The van der Waals surface area contributed by atoms with Gasteiger partial charge in [0.1, 0.15) is 11.9 Å². The summed E-state index contributed by atoms with van der Waals surface area (Å²) >= 11 is 3.53. The third-order valence-electron chi connectivity index (χ3n) is 1.89. The summed E-state index contributed by atoms with van der Waals surface area (Å²) in [5.41, 5.74) is 0. The fourth-order valence-corrected chi connectivity index (χ4v) is 1.41. The van der Waals surface area contributed by atoms with Crippen LogP contribution < -0.4 is 0 Å². The summed E-state index contributed by atoms with van der Waals surface area (Å²) < 4.78 is 4.89. The molecule has 0 amide bonds. The molecule has 0 aromatic rings. The van der Waals surface area contributed by atoms with E-state index in [1.54, 1.807) is 12.2 Å². The van der Waals surface area contributed by atoms with E-state index in [0.29, 0.717) is 19.3 Å². The summed E-state index contributed by atoms with van der Waals surface area (Å²) in [4.78, 5) is 21.5. The quantitative estimate of drug-likeness (QED) is 0.400. The van der Waals surface area contributed by atoms with Crippen molar-refractivity contribution in [3.8, 4) is 0 Å². The first-order chi connectivity index (χ1) is 6.18. The molecule has 1 atom stereocenters. The molecule has 72 valence electrons. The van der Waals surface area contributed by atoms with Gasteiger partial charge in [0, 0.05) is 12.8 Å². The number of Topliss-reactive ketones (excluding diaryl/α,β-unsaturated/α-hetero) is 1. The van der Waals surface area contributed by atoms with Gasteiger partial charge in [0.2, 0.25) is 0 Å². The van der Waals surface area contributed by atoms with Crippen molar-refractivity contribution in [3.63, 3.8) is 0 Å². The van der Waals surface area contributed by atoms with Crippen molar-refractivity contribution in [2.24, 2.45) is 0 Å². The van der Waals surface area contributed by atoms with E-state index in [2.05, 4.69) is 12.6 Å². The first-order valence-electron chi connectivity index (χ1n) is 4.26. The van der Waals surface area contributed by atoms with E-state index in [4.69, 9.17) is 4.74 Å². The van der Waals surface area contributed by atoms with Gasteiger partial charge in [0.05, 0.1) is 0 Å². The molecule has 0 saturated heterocycles. The average Bonchev–Trinajstić information content (AvgIpc) is 1.99. The lowest BCUT2D eigenvalue weighted by Crippen LogP contribution is -2.14. The summed E-state index contributed by atoms with van der Waals surface area (Å²) in [5, 5.41) is -0.568. The highest BCUT2D eigenvalue weighted by atomic mass is 32.1. The maximum absolute atomic E-state index is 11.0. The lowest BCUT2D eigenvalue weighted by molar-refractivity contribution is -0.118. The lowest BCUT2D eigenvalue weighted by Gasteiger charge is -2.13. The Hall–Kier alpha value is -0.770. The molecule has 0 fully saturated rings. The van der Waals surface area contributed by atoms with E-state index in [-0.39, 0.29) is 11.9 Å². The third-order valence-corrected chi connectivity index (χ3v) is 2.00. The van der Waals surface area contributed by atoms with Crippen molar-refractivity contribution in [2.45, 2.75) is 31.8 Å². The van der Waals surface area contributed by atoms with E-state index in [9.17, 15) is 9.59 Å². The van der Waals surface area contributed by atoms with Crippen LogP contribution in [0.2, 0.25) is 0 Å². The van der Waals surface area contributed by atoms with Crippen LogP contribution in [0, 0.1) is 0 Å². The van der Waals surface area contributed by atoms with Crippen LogP contribution in [-0.2, 0) is 9.53 Å². The van der Waals surface area contributed by atoms with Crippen LogP contribution in [0.4, 0.5) is 4.79 Å². The second kappa shape index (κ2) is 5.07. The molecular formula is C9H12O3S. The van der Waals surface area contributed by atoms with Gasteiger partial charge in [-0.2, -0.15) is 0 Å². The summed E-state index contributed by atoms with van der Waals surface area (Å²) in [6.45, 7) is 0. The van der Waals surface area contributed by atoms with E-state index >= 15 is 0 Å². The first-order valence-corrected chi connectivity index (χ1v) is 4.71. The molecule has 0 bridgehead atoms. The molecule has 0 radical (unpaired) electrons. The molecule has 1 aliphatic rings. The number of ether oxygens (including phenoxy) is 1. The van der Waals surface area contributed by atoms with Crippen LogP contribution in [0.15, 0.2) is 12.2 Å². The topological polar surface area (TPSA) is 43.4 Å². The predicted octanol–water partition coefficient (Wildman–Crippen LogP) is 2.12. The fraction of sp³-hybridized carbons (Fsp3) is 0.556. The summed E-state index contributed by atoms with van der Waals surface area (Å²) in [7, 11) is 0. The Morgan fingerprint density at radius 2 is 2.38 bits per heavy atom. The van der Waals surface area contributed by atoms with Gasteiger partial charge in [0.15, 0.2) is 0 Å². The van der Waals surface area contributed by atoms with E-state index in [0.717, 1.165) is 6.42 Å². The molecule has 4 heteroatoms. The van der Waals surface area contributed by atoms with Gasteiger partial charge >= 0.3 is 5.30 Å². The van der Waals surface area contributed by atoms with Crippen LogP contribution in [-0.4, -0.2) is 17.2 Å². The minimum Gasteiger partial charge on any atom is -0.450 e. The zero-order valence-electron chi connectivity index (χ0n) is 7.23. The van der Waals surface area contributed by atoms with E-state index < -0.39 is 5.30 Å². The number of ketones is 1. The van der Waals surface area contributed by atoms with Crippen LogP contribution in [0.3, 0.4) is 0 Å². The normalized spacial score (nSPS) is 25.9. The van der Waals surface area contributed by atoms with Crippen LogP contribution in [0.5, 0.6) is 0 Å². The Labute approximate surface area is 82.6 Å². The Morgan fingerprint density at radius 3 is 3.08 bits per heavy atom. The Kier molecular flexibility index (Phi) is 4.02. The summed E-state index contributed by atoms with van der Waals surface area (Å²) in [5.74, 6) is 0.243. The number of hydrogen-bond acceptors (Lipinski definition) is 3. The number of allylic oxidation sites excluding steroid dienone is 1. The Balaban J connectivity index is 2.47.